The van der Waals surface area contributed by atoms with E-state index in [2.05, 4.69) is 10.3 Å². The van der Waals surface area contributed by atoms with Crippen LogP contribution in [0.4, 0.5) is 0 Å². The molecule has 0 unspecified atom stereocenters. The summed E-state index contributed by atoms with van der Waals surface area (Å²) in [7, 11) is 0. The van der Waals surface area contributed by atoms with Gasteiger partial charge in [-0.1, -0.05) is 0 Å². The molecule has 0 spiro atoms. The predicted molar refractivity (Wildman–Crippen MR) is 76.7 cm³/mol. The highest BCUT2D eigenvalue weighted by Crippen LogP contribution is 2.28. The van der Waals surface area contributed by atoms with Gasteiger partial charge in [-0.15, -0.1) is 0 Å². The predicted octanol–water partition coefficient (Wildman–Crippen LogP) is 0.979. The first-order valence-electron chi connectivity index (χ1n) is 7.44. The molecule has 2 fully saturated rings. The van der Waals surface area contributed by atoms with Crippen molar-refractivity contribution in [3.63, 3.8) is 0 Å². The lowest BCUT2D eigenvalue weighted by atomic mass is 10.0. The first-order valence-corrected chi connectivity index (χ1v) is 7.44. The number of hydrogen-bond acceptors (Lipinski definition) is 3. The van der Waals surface area contributed by atoms with E-state index < -0.39 is 0 Å². The van der Waals surface area contributed by atoms with E-state index in [0.717, 1.165) is 38.4 Å². The molecule has 108 valence electrons. The van der Waals surface area contributed by atoms with Crippen molar-refractivity contribution in [1.82, 2.24) is 15.2 Å². The summed E-state index contributed by atoms with van der Waals surface area (Å²) in [5.74, 6) is 0.741. The van der Waals surface area contributed by atoms with Crippen LogP contribution >= 0.6 is 0 Å². The molecule has 0 atom stereocenters. The number of H-pyrrole nitrogens is 1. The monoisotopic (exact) mass is 275 g/mol. The molecule has 2 N–H and O–H groups in total. The summed E-state index contributed by atoms with van der Waals surface area (Å²) in [6.07, 6.45) is 7.73. The maximum atomic E-state index is 12.3. The Morgan fingerprint density at radius 2 is 2.05 bits per heavy atom. The molecule has 1 aromatic heterocycles. The van der Waals surface area contributed by atoms with Crippen LogP contribution in [-0.2, 0) is 0 Å². The van der Waals surface area contributed by atoms with E-state index in [4.69, 9.17) is 0 Å². The molecule has 20 heavy (non-hydrogen) atoms. The quantitative estimate of drug-likeness (QED) is 0.861. The van der Waals surface area contributed by atoms with Crippen LogP contribution in [0.3, 0.4) is 0 Å². The minimum absolute atomic E-state index is 0.146. The molecule has 3 rings (SSSR count). The molecule has 1 saturated heterocycles. The van der Waals surface area contributed by atoms with Crippen molar-refractivity contribution in [2.45, 2.75) is 31.7 Å². The maximum Gasteiger partial charge on any atom is 0.259 e. The molecule has 2 heterocycles. The summed E-state index contributed by atoms with van der Waals surface area (Å²) in [6.45, 7) is 2.59. The second kappa shape index (κ2) is 5.79. The Labute approximate surface area is 118 Å². The van der Waals surface area contributed by atoms with Crippen LogP contribution in [0.15, 0.2) is 23.3 Å². The average Bonchev–Trinajstić information content (AvgIpc) is 3.30. The Hall–Kier alpha value is -1.62. The zero-order valence-electron chi connectivity index (χ0n) is 11.6. The highest BCUT2D eigenvalue weighted by molar-refractivity contribution is 5.93. The lowest BCUT2D eigenvalue weighted by Crippen LogP contribution is -2.46. The first kappa shape index (κ1) is 13.4. The Balaban J connectivity index is 1.53. The number of carbonyl (C=O) groups is 1. The van der Waals surface area contributed by atoms with Crippen molar-refractivity contribution in [3.8, 4) is 0 Å². The third-order valence-electron chi connectivity index (χ3n) is 4.23. The van der Waals surface area contributed by atoms with Gasteiger partial charge in [-0.25, -0.2) is 0 Å². The summed E-state index contributed by atoms with van der Waals surface area (Å²) < 4.78 is 0. The van der Waals surface area contributed by atoms with Gasteiger partial charge in [-0.05, 0) is 38.1 Å². The second-order valence-electron chi connectivity index (χ2n) is 5.84. The lowest BCUT2D eigenvalue weighted by Gasteiger charge is -2.32. The summed E-state index contributed by atoms with van der Waals surface area (Å²) in [5, 5.41) is 3.59. The zero-order valence-corrected chi connectivity index (χ0v) is 11.6. The zero-order chi connectivity index (χ0) is 13.9. The van der Waals surface area contributed by atoms with Crippen LogP contribution in [0.5, 0.6) is 0 Å². The standard InChI is InChI=1S/C15H21N3O2/c19-14-3-6-16-10-13(14)15(20)18-7-4-12(5-8-18)17-9-11-1-2-11/h3,6,10-12,17H,1-2,4-5,7-9H2,(H,16,19). The smallest absolute Gasteiger partial charge is 0.259 e. The Kier molecular flexibility index (Phi) is 3.87. The van der Waals surface area contributed by atoms with Crippen LogP contribution in [0.1, 0.15) is 36.0 Å². The number of pyridine rings is 1. The summed E-state index contributed by atoms with van der Waals surface area (Å²) >= 11 is 0. The van der Waals surface area contributed by atoms with Crippen LogP contribution in [0, 0.1) is 5.92 Å². The third kappa shape index (κ3) is 3.10. The minimum Gasteiger partial charge on any atom is -0.367 e. The van der Waals surface area contributed by atoms with Crippen molar-refractivity contribution < 1.29 is 4.79 Å². The number of aromatic nitrogens is 1. The van der Waals surface area contributed by atoms with E-state index in [1.54, 1.807) is 11.1 Å². The number of likely N-dealkylation sites (tertiary alicyclic amines) is 1. The molecule has 1 amide bonds. The number of carbonyl (C=O) groups excluding carboxylic acids is 1. The molecule has 1 aromatic rings. The highest BCUT2D eigenvalue weighted by atomic mass is 16.2. The molecule has 1 aliphatic heterocycles. The third-order valence-corrected chi connectivity index (χ3v) is 4.23. The molecule has 0 radical (unpaired) electrons. The summed E-state index contributed by atoms with van der Waals surface area (Å²) in [6, 6.07) is 1.92. The number of nitrogens with one attached hydrogen (secondary N) is 2. The van der Waals surface area contributed by atoms with E-state index in [0.29, 0.717) is 6.04 Å². The van der Waals surface area contributed by atoms with Gasteiger partial charge in [0.25, 0.3) is 5.91 Å². The number of aromatic amines is 1. The molecule has 5 nitrogen and oxygen atoms in total. The van der Waals surface area contributed by atoms with Gasteiger partial charge >= 0.3 is 0 Å². The number of hydrogen-bond donors (Lipinski definition) is 2. The first-order chi connectivity index (χ1) is 9.74. The Morgan fingerprint density at radius 1 is 1.30 bits per heavy atom. The fraction of sp³-hybridized carbons (Fsp3) is 0.600. The van der Waals surface area contributed by atoms with Gasteiger partial charge in [0, 0.05) is 37.6 Å². The average molecular weight is 275 g/mol. The van der Waals surface area contributed by atoms with Crippen molar-refractivity contribution in [1.29, 1.82) is 0 Å². The van der Waals surface area contributed by atoms with Gasteiger partial charge in [0.15, 0.2) is 5.43 Å². The van der Waals surface area contributed by atoms with E-state index in [-0.39, 0.29) is 16.9 Å². The molecule has 0 bridgehead atoms. The van der Waals surface area contributed by atoms with Gasteiger partial charge in [-0.2, -0.15) is 0 Å². The van der Waals surface area contributed by atoms with Gasteiger partial charge < -0.3 is 15.2 Å². The van der Waals surface area contributed by atoms with Crippen LogP contribution in [0.25, 0.3) is 0 Å². The molecule has 1 aliphatic carbocycles. The fourth-order valence-electron chi connectivity index (χ4n) is 2.70. The summed E-state index contributed by atoms with van der Waals surface area (Å²) in [4.78, 5) is 28.6. The van der Waals surface area contributed by atoms with Crippen molar-refractivity contribution in [3.05, 3.63) is 34.2 Å². The molecular weight excluding hydrogens is 254 g/mol. The summed E-state index contributed by atoms with van der Waals surface area (Å²) in [5.41, 5.74) is 0.0413. The minimum atomic E-state index is -0.206. The molecule has 0 aromatic carbocycles. The van der Waals surface area contributed by atoms with E-state index >= 15 is 0 Å². The number of amides is 1. The largest absolute Gasteiger partial charge is 0.367 e. The topological polar surface area (TPSA) is 65.2 Å². The molecule has 1 saturated carbocycles. The number of piperidine rings is 1. The van der Waals surface area contributed by atoms with E-state index in [9.17, 15) is 9.59 Å². The van der Waals surface area contributed by atoms with Crippen molar-refractivity contribution in [2.24, 2.45) is 5.92 Å². The SMILES string of the molecule is O=C(c1c[nH]ccc1=O)N1CCC(NCC2CC2)CC1. The van der Waals surface area contributed by atoms with Gasteiger partial charge in [-0.3, -0.25) is 9.59 Å². The number of nitrogens with zero attached hydrogens (tertiary/aromatic N) is 1. The molecular formula is C15H21N3O2. The maximum absolute atomic E-state index is 12.3. The normalized spacial score (nSPS) is 20.1. The van der Waals surface area contributed by atoms with Crippen molar-refractivity contribution in [2.75, 3.05) is 19.6 Å². The fourth-order valence-corrected chi connectivity index (χ4v) is 2.70. The van der Waals surface area contributed by atoms with E-state index in [1.807, 2.05) is 0 Å². The van der Waals surface area contributed by atoms with E-state index in [1.165, 1.54) is 25.1 Å². The Bertz CT molecular complexity index is 528. The lowest BCUT2D eigenvalue weighted by molar-refractivity contribution is 0.0703. The number of rotatable bonds is 4. The van der Waals surface area contributed by atoms with Crippen LogP contribution in [-0.4, -0.2) is 41.5 Å². The van der Waals surface area contributed by atoms with Crippen LogP contribution in [0.2, 0.25) is 0 Å². The molecule has 5 heteroatoms. The highest BCUT2D eigenvalue weighted by Gasteiger charge is 2.26. The van der Waals surface area contributed by atoms with Gasteiger partial charge in [0.05, 0.1) is 0 Å². The molecule has 2 aliphatic rings. The van der Waals surface area contributed by atoms with Crippen molar-refractivity contribution >= 4 is 5.91 Å². The van der Waals surface area contributed by atoms with Gasteiger partial charge in [0.1, 0.15) is 5.56 Å². The second-order valence-corrected chi connectivity index (χ2v) is 5.84. The van der Waals surface area contributed by atoms with Crippen LogP contribution < -0.4 is 10.7 Å². The van der Waals surface area contributed by atoms with Gasteiger partial charge in [0.2, 0.25) is 0 Å². The Morgan fingerprint density at radius 3 is 2.70 bits per heavy atom.